The second-order valence-corrected chi connectivity index (χ2v) is 9.87. The van der Waals surface area contributed by atoms with E-state index >= 15 is 0 Å². The Hall–Kier alpha value is -2.11. The third-order valence-corrected chi connectivity index (χ3v) is 6.44. The molecule has 2 aliphatic rings. The molecule has 1 unspecified atom stereocenters. The maximum absolute atomic E-state index is 4.61. The first-order valence-electron chi connectivity index (χ1n) is 12.7. The molecule has 0 saturated carbocycles. The fourth-order valence-corrected chi connectivity index (χ4v) is 4.94. The van der Waals surface area contributed by atoms with Crippen molar-refractivity contribution < 1.29 is 0 Å². The summed E-state index contributed by atoms with van der Waals surface area (Å²) < 4.78 is 0. The smallest absolute Gasteiger partial charge is 0.0968 e. The first-order valence-corrected chi connectivity index (χ1v) is 13.5. The van der Waals surface area contributed by atoms with Crippen molar-refractivity contribution in [1.29, 1.82) is 0 Å². The van der Waals surface area contributed by atoms with E-state index in [0.717, 1.165) is 6.54 Å². The highest BCUT2D eigenvalue weighted by Crippen LogP contribution is 2.38. The number of hydrogen-bond donors (Lipinski definition) is 3. The summed E-state index contributed by atoms with van der Waals surface area (Å²) in [5, 5.41) is 7.80. The van der Waals surface area contributed by atoms with Gasteiger partial charge < -0.3 is 16.4 Å². The van der Waals surface area contributed by atoms with E-state index in [4.69, 9.17) is 0 Å². The summed E-state index contributed by atoms with van der Waals surface area (Å²) in [6.07, 6.45) is 14.1. The van der Waals surface area contributed by atoms with Crippen LogP contribution in [0.15, 0.2) is 37.7 Å². The van der Waals surface area contributed by atoms with Gasteiger partial charge in [0.15, 0.2) is 0 Å². The summed E-state index contributed by atoms with van der Waals surface area (Å²) in [4.78, 5) is 5.61. The van der Waals surface area contributed by atoms with Crippen molar-refractivity contribution in [2.24, 2.45) is 5.73 Å². The number of aromatic nitrogens is 1. The molecule has 0 aliphatic heterocycles. The summed E-state index contributed by atoms with van der Waals surface area (Å²) in [6, 6.07) is 2.48. The number of likely N-dealkylation sites (N-methyl/N-ethyl adjacent to an activating group) is 1. The number of anilines is 1. The van der Waals surface area contributed by atoms with Gasteiger partial charge in [-0.05, 0) is 87.9 Å². The number of allylic oxidation sites excluding steroid dienone is 1. The zero-order valence-electron chi connectivity index (χ0n) is 22.9. The zero-order valence-corrected chi connectivity index (χ0v) is 23.7. The topological polar surface area (TPSA) is 63.0 Å². The molecule has 4 nitrogen and oxygen atoms in total. The number of nitrogens with zero attached hydrogens (tertiary/aromatic N) is 1. The molecule has 1 aromatic carbocycles. The Balaban J connectivity index is 0.000000486. The molecule has 0 radical (unpaired) electrons. The van der Waals surface area contributed by atoms with Crippen LogP contribution in [0.25, 0.3) is 0 Å². The highest BCUT2D eigenvalue weighted by molar-refractivity contribution is 7.11. The molecule has 4 rings (SSSR count). The van der Waals surface area contributed by atoms with Gasteiger partial charge in [0.05, 0.1) is 5.01 Å². The van der Waals surface area contributed by atoms with Gasteiger partial charge in [-0.3, -0.25) is 0 Å². The molecule has 1 atom stereocenters. The average Bonchev–Trinajstić information content (AvgIpc) is 3.55. The number of aryl methyl sites for hydroxylation is 3. The van der Waals surface area contributed by atoms with Crippen LogP contribution in [-0.4, -0.2) is 25.6 Å². The lowest BCUT2D eigenvalue weighted by Gasteiger charge is -2.14. The molecule has 192 valence electrons. The monoisotopic (exact) mass is 486 g/mol. The largest absolute Gasteiger partial charge is 0.405 e. The van der Waals surface area contributed by atoms with Crippen LogP contribution in [0.1, 0.15) is 85.0 Å². The van der Waals surface area contributed by atoms with Gasteiger partial charge in [-0.2, -0.15) is 0 Å². The van der Waals surface area contributed by atoms with Crippen molar-refractivity contribution in [2.45, 2.75) is 85.5 Å². The molecule has 1 heterocycles. The second kappa shape index (κ2) is 19.2. The van der Waals surface area contributed by atoms with Gasteiger partial charge in [0.2, 0.25) is 0 Å². The first kappa shape index (κ1) is 31.9. The third-order valence-electron chi connectivity index (χ3n) is 5.29. The Labute approximate surface area is 214 Å². The molecule has 0 bridgehead atoms. The Bertz CT molecular complexity index is 788. The van der Waals surface area contributed by atoms with Gasteiger partial charge in [-0.1, -0.05) is 45.9 Å². The van der Waals surface area contributed by atoms with E-state index < -0.39 is 0 Å². The van der Waals surface area contributed by atoms with E-state index in [-0.39, 0.29) is 0 Å². The molecule has 2 aliphatic carbocycles. The van der Waals surface area contributed by atoms with Crippen LogP contribution < -0.4 is 16.4 Å². The Morgan fingerprint density at radius 3 is 1.91 bits per heavy atom. The van der Waals surface area contributed by atoms with Gasteiger partial charge >= 0.3 is 0 Å². The minimum absolute atomic E-state index is 0.540. The Morgan fingerprint density at radius 1 is 1.09 bits per heavy atom. The number of fused-ring (bicyclic) bond motifs is 2. The molecular weight excluding hydrogens is 436 g/mol. The fraction of sp³-hybridized carbons (Fsp3) is 0.552. The number of nitrogens with two attached hydrogens (primary N) is 1. The molecule has 2 aromatic rings. The van der Waals surface area contributed by atoms with Crippen molar-refractivity contribution in [2.75, 3.05) is 26.0 Å². The molecule has 0 amide bonds. The predicted molar refractivity (Wildman–Crippen MR) is 155 cm³/mol. The van der Waals surface area contributed by atoms with E-state index in [1.807, 2.05) is 20.2 Å². The quantitative estimate of drug-likeness (QED) is 0.401. The maximum Gasteiger partial charge on any atom is 0.0968 e. The Morgan fingerprint density at radius 2 is 1.56 bits per heavy atom. The number of rotatable bonds is 4. The predicted octanol–water partition coefficient (Wildman–Crippen LogP) is 7.18. The van der Waals surface area contributed by atoms with Crippen LogP contribution in [-0.2, 0) is 25.7 Å². The van der Waals surface area contributed by atoms with Crippen molar-refractivity contribution in [3.05, 3.63) is 69.8 Å². The van der Waals surface area contributed by atoms with E-state index in [1.54, 1.807) is 39.7 Å². The van der Waals surface area contributed by atoms with Gasteiger partial charge in [0, 0.05) is 36.3 Å². The minimum Gasteiger partial charge on any atom is -0.405 e. The molecule has 5 heteroatoms. The number of hydrogen-bond acceptors (Lipinski definition) is 5. The minimum atomic E-state index is 0.540. The van der Waals surface area contributed by atoms with E-state index in [0.29, 0.717) is 5.92 Å². The SMILES string of the molecule is C=CC.C=CN.CCC.CNCC(C)c1ncc(C)s1.CNc1c2c(cc3c1CCC3)CCC2. The van der Waals surface area contributed by atoms with Gasteiger partial charge in [-0.15, -0.1) is 17.9 Å². The molecule has 0 spiro atoms. The number of benzene rings is 1. The van der Waals surface area contributed by atoms with Gasteiger partial charge in [0.1, 0.15) is 0 Å². The first-order chi connectivity index (χ1) is 16.4. The molecule has 4 N–H and O–H groups in total. The van der Waals surface area contributed by atoms with Crippen molar-refractivity contribution >= 4 is 17.0 Å². The average molecular weight is 487 g/mol. The third kappa shape index (κ3) is 10.9. The second-order valence-electron chi connectivity index (χ2n) is 8.60. The van der Waals surface area contributed by atoms with E-state index in [1.165, 1.54) is 66.7 Å². The summed E-state index contributed by atoms with van der Waals surface area (Å²) in [7, 11) is 4.05. The van der Waals surface area contributed by atoms with Gasteiger partial charge in [0.25, 0.3) is 0 Å². The summed E-state index contributed by atoms with van der Waals surface area (Å²) in [5.41, 5.74) is 12.6. The molecule has 34 heavy (non-hydrogen) atoms. The zero-order chi connectivity index (χ0) is 25.9. The van der Waals surface area contributed by atoms with Crippen LogP contribution in [0.3, 0.4) is 0 Å². The fourth-order valence-electron chi connectivity index (χ4n) is 4.11. The molecule has 0 saturated heterocycles. The molecule has 1 aromatic heterocycles. The lowest BCUT2D eigenvalue weighted by molar-refractivity contribution is 0.674. The number of nitrogens with one attached hydrogen (secondary N) is 2. The van der Waals surface area contributed by atoms with Crippen molar-refractivity contribution in [1.82, 2.24) is 10.3 Å². The maximum atomic E-state index is 4.61. The summed E-state index contributed by atoms with van der Waals surface area (Å²) in [6.45, 7) is 17.9. The van der Waals surface area contributed by atoms with Crippen LogP contribution in [0.4, 0.5) is 5.69 Å². The summed E-state index contributed by atoms with van der Waals surface area (Å²) in [5.74, 6) is 0.540. The highest BCUT2D eigenvalue weighted by Gasteiger charge is 2.22. The lowest BCUT2D eigenvalue weighted by atomic mass is 9.99. The lowest BCUT2D eigenvalue weighted by Crippen LogP contribution is -2.14. The van der Waals surface area contributed by atoms with E-state index in [9.17, 15) is 0 Å². The van der Waals surface area contributed by atoms with Crippen molar-refractivity contribution in [3.8, 4) is 0 Å². The normalized spacial score (nSPS) is 13.0. The Kier molecular flexibility index (Phi) is 18.0. The van der Waals surface area contributed by atoms with Crippen LogP contribution in [0.2, 0.25) is 0 Å². The van der Waals surface area contributed by atoms with Crippen LogP contribution >= 0.6 is 11.3 Å². The standard InChI is InChI=1S/C13H17N.C8H14N2S.C3H8.C3H6.C2H5N/c1-14-13-11-6-2-4-9(11)8-10-5-3-7-12(10)13;1-6(4-9-3)8-10-5-7(2)11-8;2*1-3-2;1-2-3/h8,14H,2-7H2,1H3;5-6,9H,4H2,1-3H3;3H2,1-2H3;3H,1H2,2H3;2H,1,3H2. The molecule has 0 fully saturated rings. The van der Waals surface area contributed by atoms with Crippen molar-refractivity contribution in [3.63, 3.8) is 0 Å². The van der Waals surface area contributed by atoms with Crippen LogP contribution in [0, 0.1) is 6.92 Å². The highest BCUT2D eigenvalue weighted by atomic mass is 32.1. The summed E-state index contributed by atoms with van der Waals surface area (Å²) >= 11 is 1.78. The number of thiazole rings is 1. The van der Waals surface area contributed by atoms with Crippen LogP contribution in [0.5, 0.6) is 0 Å². The molecular formula is C29H50N4S. The van der Waals surface area contributed by atoms with E-state index in [2.05, 4.69) is 75.3 Å². The van der Waals surface area contributed by atoms with Gasteiger partial charge in [-0.25, -0.2) is 4.98 Å².